The minimum absolute atomic E-state index is 0.667. The van der Waals surface area contributed by atoms with Crippen LogP contribution in [0.15, 0.2) is 22.7 Å². The standard InChI is InChI=1S/C14H21BrN2/c1-11-8-12(5-6-14(11)15)9-17-7-3-4-13(10-17)16-2/h5-6,8,13,16H,3-4,7,9-10H2,1-2H3. The van der Waals surface area contributed by atoms with E-state index in [1.807, 2.05) is 0 Å². The number of rotatable bonds is 3. The van der Waals surface area contributed by atoms with Gasteiger partial charge in [-0.05, 0) is 50.6 Å². The molecule has 1 unspecified atom stereocenters. The third kappa shape index (κ3) is 3.54. The minimum atomic E-state index is 0.667. The average Bonchev–Trinajstić information content (AvgIpc) is 2.34. The molecule has 1 aromatic carbocycles. The smallest absolute Gasteiger partial charge is 0.0234 e. The van der Waals surface area contributed by atoms with Crippen molar-refractivity contribution in [3.8, 4) is 0 Å². The summed E-state index contributed by atoms with van der Waals surface area (Å²) in [6, 6.07) is 7.33. The van der Waals surface area contributed by atoms with E-state index in [0.717, 1.165) is 6.54 Å². The lowest BCUT2D eigenvalue weighted by Gasteiger charge is -2.32. The number of likely N-dealkylation sites (tertiary alicyclic amines) is 1. The van der Waals surface area contributed by atoms with E-state index in [9.17, 15) is 0 Å². The Morgan fingerprint density at radius 1 is 1.47 bits per heavy atom. The van der Waals surface area contributed by atoms with Crippen LogP contribution in [0.2, 0.25) is 0 Å². The second-order valence-electron chi connectivity index (χ2n) is 4.95. The van der Waals surface area contributed by atoms with Crippen molar-refractivity contribution in [1.29, 1.82) is 0 Å². The van der Waals surface area contributed by atoms with Gasteiger partial charge >= 0.3 is 0 Å². The van der Waals surface area contributed by atoms with Crippen molar-refractivity contribution in [2.75, 3.05) is 20.1 Å². The fraction of sp³-hybridized carbons (Fsp3) is 0.571. The summed E-state index contributed by atoms with van der Waals surface area (Å²) in [4.78, 5) is 2.55. The summed E-state index contributed by atoms with van der Waals surface area (Å²) in [7, 11) is 2.07. The van der Waals surface area contributed by atoms with Gasteiger partial charge in [0.05, 0.1) is 0 Å². The van der Waals surface area contributed by atoms with E-state index < -0.39 is 0 Å². The van der Waals surface area contributed by atoms with Crippen LogP contribution in [0.5, 0.6) is 0 Å². The average molecular weight is 297 g/mol. The number of aryl methyl sites for hydroxylation is 1. The van der Waals surface area contributed by atoms with Gasteiger partial charge in [-0.2, -0.15) is 0 Å². The first-order chi connectivity index (χ1) is 8.19. The first-order valence-corrected chi connectivity index (χ1v) is 7.13. The van der Waals surface area contributed by atoms with Gasteiger partial charge in [0.25, 0.3) is 0 Å². The molecule has 0 aromatic heterocycles. The molecule has 94 valence electrons. The Balaban J connectivity index is 1.97. The molecule has 1 atom stereocenters. The van der Waals surface area contributed by atoms with Crippen molar-refractivity contribution in [2.45, 2.75) is 32.4 Å². The van der Waals surface area contributed by atoms with Crippen LogP contribution in [0.1, 0.15) is 24.0 Å². The summed E-state index contributed by atoms with van der Waals surface area (Å²) < 4.78 is 1.20. The quantitative estimate of drug-likeness (QED) is 0.923. The fourth-order valence-electron chi connectivity index (χ4n) is 2.50. The highest BCUT2D eigenvalue weighted by Gasteiger charge is 2.18. The Hall–Kier alpha value is -0.380. The predicted molar refractivity (Wildman–Crippen MR) is 76.2 cm³/mol. The van der Waals surface area contributed by atoms with Gasteiger partial charge in [-0.15, -0.1) is 0 Å². The van der Waals surface area contributed by atoms with Gasteiger partial charge in [0.1, 0.15) is 0 Å². The number of nitrogens with zero attached hydrogens (tertiary/aromatic N) is 1. The van der Waals surface area contributed by atoms with Gasteiger partial charge in [0.15, 0.2) is 0 Å². The Bertz CT molecular complexity index is 378. The fourth-order valence-corrected chi connectivity index (χ4v) is 2.74. The molecule has 1 N–H and O–H groups in total. The van der Waals surface area contributed by atoms with E-state index in [4.69, 9.17) is 0 Å². The van der Waals surface area contributed by atoms with Crippen LogP contribution >= 0.6 is 15.9 Å². The molecule has 0 spiro atoms. The molecule has 1 aromatic rings. The number of hydrogen-bond acceptors (Lipinski definition) is 2. The maximum absolute atomic E-state index is 3.55. The van der Waals surface area contributed by atoms with Crippen LogP contribution in [0, 0.1) is 6.92 Å². The van der Waals surface area contributed by atoms with E-state index in [0.29, 0.717) is 6.04 Å². The van der Waals surface area contributed by atoms with Crippen molar-refractivity contribution >= 4 is 15.9 Å². The Morgan fingerprint density at radius 3 is 3.00 bits per heavy atom. The number of hydrogen-bond donors (Lipinski definition) is 1. The lowest BCUT2D eigenvalue weighted by Crippen LogP contribution is -2.43. The molecule has 0 radical (unpaired) electrons. The number of likely N-dealkylation sites (N-methyl/N-ethyl adjacent to an activating group) is 1. The first-order valence-electron chi connectivity index (χ1n) is 6.33. The molecule has 17 heavy (non-hydrogen) atoms. The Labute approximate surface area is 113 Å². The van der Waals surface area contributed by atoms with Crippen LogP contribution in [0.4, 0.5) is 0 Å². The summed E-state index contributed by atoms with van der Waals surface area (Å²) >= 11 is 3.55. The van der Waals surface area contributed by atoms with Gasteiger partial charge in [0, 0.05) is 23.6 Å². The molecule has 0 bridgehead atoms. The molecule has 0 saturated carbocycles. The second-order valence-corrected chi connectivity index (χ2v) is 5.80. The molecular formula is C14H21BrN2. The molecule has 2 rings (SSSR count). The summed E-state index contributed by atoms with van der Waals surface area (Å²) in [5.41, 5.74) is 2.74. The molecule has 0 amide bonds. The first kappa shape index (κ1) is 13.1. The monoisotopic (exact) mass is 296 g/mol. The molecule has 1 aliphatic rings. The van der Waals surface area contributed by atoms with E-state index in [2.05, 4.69) is 58.3 Å². The Kier molecular flexibility index (Phi) is 4.60. The molecule has 3 heteroatoms. The predicted octanol–water partition coefficient (Wildman–Crippen LogP) is 2.94. The van der Waals surface area contributed by atoms with E-state index in [-0.39, 0.29) is 0 Å². The third-order valence-electron chi connectivity index (χ3n) is 3.54. The van der Waals surface area contributed by atoms with E-state index in [1.165, 1.54) is 41.5 Å². The van der Waals surface area contributed by atoms with Gasteiger partial charge in [-0.3, -0.25) is 4.90 Å². The van der Waals surface area contributed by atoms with Crippen molar-refractivity contribution in [2.24, 2.45) is 0 Å². The molecule has 1 saturated heterocycles. The molecule has 0 aliphatic carbocycles. The number of nitrogens with one attached hydrogen (secondary N) is 1. The van der Waals surface area contributed by atoms with E-state index in [1.54, 1.807) is 0 Å². The Morgan fingerprint density at radius 2 is 2.29 bits per heavy atom. The minimum Gasteiger partial charge on any atom is -0.316 e. The molecular weight excluding hydrogens is 276 g/mol. The zero-order valence-corrected chi connectivity index (χ0v) is 12.3. The SMILES string of the molecule is CNC1CCCN(Cc2ccc(Br)c(C)c2)C1. The maximum Gasteiger partial charge on any atom is 0.0234 e. The van der Waals surface area contributed by atoms with Crippen LogP contribution in [0.25, 0.3) is 0 Å². The number of piperidine rings is 1. The van der Waals surface area contributed by atoms with Crippen LogP contribution in [-0.4, -0.2) is 31.1 Å². The van der Waals surface area contributed by atoms with E-state index >= 15 is 0 Å². The number of benzene rings is 1. The van der Waals surface area contributed by atoms with Crippen molar-refractivity contribution in [3.63, 3.8) is 0 Å². The lowest BCUT2D eigenvalue weighted by molar-refractivity contribution is 0.188. The maximum atomic E-state index is 3.55. The zero-order chi connectivity index (χ0) is 12.3. The third-order valence-corrected chi connectivity index (χ3v) is 4.43. The van der Waals surface area contributed by atoms with Crippen LogP contribution < -0.4 is 5.32 Å². The largest absolute Gasteiger partial charge is 0.316 e. The summed E-state index contributed by atoms with van der Waals surface area (Å²) in [6.45, 7) is 5.63. The highest BCUT2D eigenvalue weighted by Crippen LogP contribution is 2.19. The van der Waals surface area contributed by atoms with Crippen LogP contribution in [0.3, 0.4) is 0 Å². The van der Waals surface area contributed by atoms with Crippen molar-refractivity contribution < 1.29 is 0 Å². The van der Waals surface area contributed by atoms with Gasteiger partial charge < -0.3 is 5.32 Å². The molecule has 2 nitrogen and oxygen atoms in total. The van der Waals surface area contributed by atoms with Crippen molar-refractivity contribution in [1.82, 2.24) is 10.2 Å². The number of halogens is 1. The highest BCUT2D eigenvalue weighted by atomic mass is 79.9. The van der Waals surface area contributed by atoms with Gasteiger partial charge in [-0.25, -0.2) is 0 Å². The van der Waals surface area contributed by atoms with Gasteiger partial charge in [-0.1, -0.05) is 28.1 Å². The van der Waals surface area contributed by atoms with Gasteiger partial charge in [0.2, 0.25) is 0 Å². The normalized spacial score (nSPS) is 21.7. The second kappa shape index (κ2) is 5.98. The zero-order valence-electron chi connectivity index (χ0n) is 10.7. The molecule has 1 heterocycles. The van der Waals surface area contributed by atoms with Crippen LogP contribution in [-0.2, 0) is 6.54 Å². The molecule has 1 aliphatic heterocycles. The lowest BCUT2D eigenvalue weighted by atomic mass is 10.0. The topological polar surface area (TPSA) is 15.3 Å². The summed E-state index contributed by atoms with van der Waals surface area (Å²) in [6.07, 6.45) is 2.62. The summed E-state index contributed by atoms with van der Waals surface area (Å²) in [5, 5.41) is 3.39. The highest BCUT2D eigenvalue weighted by molar-refractivity contribution is 9.10. The molecule has 1 fully saturated rings. The van der Waals surface area contributed by atoms with Crippen molar-refractivity contribution in [3.05, 3.63) is 33.8 Å². The summed E-state index contributed by atoms with van der Waals surface area (Å²) in [5.74, 6) is 0.